The van der Waals surface area contributed by atoms with Gasteiger partial charge < -0.3 is 20.8 Å². The minimum atomic E-state index is -5.12. The number of primary amides is 2. The maximum Gasteiger partial charge on any atom is 0.486 e. The van der Waals surface area contributed by atoms with Gasteiger partial charge in [0.1, 0.15) is 59.4 Å². The monoisotopic (exact) mass is 1450 g/mol. The first-order valence-electron chi connectivity index (χ1n) is 28.9. The molecule has 1 aliphatic heterocycles. The highest BCUT2D eigenvalue weighted by Gasteiger charge is 2.50. The van der Waals surface area contributed by atoms with Gasteiger partial charge in [-0.25, -0.2) is 43.9 Å². The topological polar surface area (TPSA) is 200 Å². The van der Waals surface area contributed by atoms with Gasteiger partial charge in [0.15, 0.2) is 23.0 Å². The van der Waals surface area contributed by atoms with Crippen LogP contribution in [-0.2, 0) is 57.2 Å². The molecule has 32 heteroatoms. The van der Waals surface area contributed by atoms with Gasteiger partial charge in [0.05, 0.1) is 38.2 Å². The number of benzene rings is 4. The second-order valence-corrected chi connectivity index (χ2v) is 23.8. The quantitative estimate of drug-likeness (QED) is 0.0486. The van der Waals surface area contributed by atoms with Gasteiger partial charge in [-0.2, -0.15) is 36.5 Å². The lowest BCUT2D eigenvalue weighted by molar-refractivity contribution is -0.142. The van der Waals surface area contributed by atoms with Crippen LogP contribution in [0.25, 0.3) is 28.3 Å². The van der Waals surface area contributed by atoms with Gasteiger partial charge in [-0.05, 0) is 139 Å². The first kappa shape index (κ1) is 76.1. The van der Waals surface area contributed by atoms with E-state index in [1.54, 1.807) is 5.98 Å². The maximum absolute atomic E-state index is 14.2. The van der Waals surface area contributed by atoms with Crippen molar-refractivity contribution < 1.29 is 98.7 Å². The van der Waals surface area contributed by atoms with Crippen molar-refractivity contribution in [1.82, 2.24) is 29.5 Å². The van der Waals surface area contributed by atoms with Crippen LogP contribution in [0.5, 0.6) is 0 Å². The fourth-order valence-corrected chi connectivity index (χ4v) is 11.2. The lowest BCUT2D eigenvalue weighted by Gasteiger charge is -2.32. The molecule has 518 valence electrons. The molecule has 0 bridgehead atoms. The van der Waals surface area contributed by atoms with E-state index >= 15 is 0 Å². The van der Waals surface area contributed by atoms with Crippen molar-refractivity contribution in [1.29, 1.82) is 0 Å². The van der Waals surface area contributed by atoms with Crippen molar-refractivity contribution >= 4 is 52.5 Å². The Morgan fingerprint density at radius 2 is 0.959 bits per heavy atom. The number of Topliss-reactive ketones (excluding diaryl/α,β-unsaturated/α-hetero) is 2. The molecule has 0 saturated carbocycles. The average Bonchev–Trinajstić information content (AvgIpc) is 1.51. The van der Waals surface area contributed by atoms with E-state index in [0.717, 1.165) is 48.5 Å². The van der Waals surface area contributed by atoms with Crippen LogP contribution >= 0.6 is 15.9 Å². The maximum atomic E-state index is 14.2. The summed E-state index contributed by atoms with van der Waals surface area (Å²) in [5, 5.41) is 6.40. The second-order valence-electron chi connectivity index (χ2n) is 23.0. The first-order valence-corrected chi connectivity index (χ1v) is 29.7. The molecule has 4 aromatic carbocycles. The van der Waals surface area contributed by atoms with Crippen molar-refractivity contribution in [2.45, 2.75) is 115 Å². The van der Waals surface area contributed by atoms with E-state index in [4.69, 9.17) is 20.8 Å². The van der Waals surface area contributed by atoms with Gasteiger partial charge in [-0.3, -0.25) is 38.5 Å². The van der Waals surface area contributed by atoms with Crippen LogP contribution in [0.15, 0.2) is 133 Å². The highest BCUT2D eigenvalue weighted by Crippen LogP contribution is 2.42. The summed E-state index contributed by atoms with van der Waals surface area (Å²) in [6.07, 6.45) is -15.4. The van der Waals surface area contributed by atoms with Crippen LogP contribution in [0.3, 0.4) is 0 Å². The van der Waals surface area contributed by atoms with Gasteiger partial charge in [-0.15, -0.1) is 6.58 Å². The number of ketones is 2. The van der Waals surface area contributed by atoms with Crippen LogP contribution in [0.4, 0.5) is 70.2 Å². The van der Waals surface area contributed by atoms with E-state index in [1.165, 1.54) is 48.8 Å². The minimum absolute atomic E-state index is 0.0782. The van der Waals surface area contributed by atoms with E-state index in [2.05, 4.69) is 49.3 Å². The molecule has 4 aromatic heterocycles. The molecular formula is C66H56BBrF16N8O6. The molecule has 1 saturated heterocycles. The standard InChI is InChI=1S/C30H22F8N4O2.C28H19BrF8N4O2.C8H15BO2/c1-2-21-26(28(34)35)42(41-27(21)30(36,37)38)14-20(43)11-17(8-15-9-18(31)13-19(32)10-15)25-22(4-3-7-40-25)16-5-6-24(33)23(12-16)29(39)44;29-22-24(26(33)34)41(40-25(22)28(35,36)37)12-18(42)9-15(6-13-7-16(30)11-17(31)8-13)23-19(2-1-5-39-23)14-3-4-21(32)20(10-14)27(38)43;1-6-9-10-7(2,3)8(4,5)11-9/h2-7,9-10,12-13,17,28H,1,8,11,14H2,(H2,39,44);1-5,7-8,10-11,15,26H,6,9,12H2,(H2,38,43);6H,1H2,2-5H3/t17-;15-;/m11./s1. The molecule has 9 rings (SSSR count). The number of pyridine rings is 2. The lowest BCUT2D eigenvalue weighted by Crippen LogP contribution is -2.41. The van der Waals surface area contributed by atoms with Gasteiger partial charge in [0.25, 0.3) is 24.7 Å². The van der Waals surface area contributed by atoms with Gasteiger partial charge in [-0.1, -0.05) is 42.9 Å². The molecule has 8 aromatic rings. The van der Waals surface area contributed by atoms with Gasteiger partial charge >= 0.3 is 19.5 Å². The van der Waals surface area contributed by atoms with Crippen molar-refractivity contribution in [2.75, 3.05) is 0 Å². The summed E-state index contributed by atoms with van der Waals surface area (Å²) in [5.41, 5.74) is 4.03. The van der Waals surface area contributed by atoms with Crippen LogP contribution in [-0.4, -0.2) is 71.2 Å². The molecule has 0 radical (unpaired) electrons. The summed E-state index contributed by atoms with van der Waals surface area (Å²) in [4.78, 5) is 58.6. The van der Waals surface area contributed by atoms with Gasteiger partial charge in [0, 0.05) is 65.9 Å². The molecule has 2 atom stereocenters. The number of hydrogen-bond acceptors (Lipinski definition) is 10. The number of nitrogens with two attached hydrogens (primary N) is 2. The number of hydrogen-bond donors (Lipinski definition) is 2. The summed E-state index contributed by atoms with van der Waals surface area (Å²) in [6.45, 7) is 12.9. The summed E-state index contributed by atoms with van der Waals surface area (Å²) in [7, 11) is -0.250. The Hall–Kier alpha value is -9.30. The number of aromatic nitrogens is 6. The van der Waals surface area contributed by atoms with Crippen LogP contribution in [0, 0.1) is 34.9 Å². The Labute approximate surface area is 557 Å². The first-order chi connectivity index (χ1) is 45.7. The third kappa shape index (κ3) is 18.5. The largest absolute Gasteiger partial charge is 0.486 e. The molecule has 1 fully saturated rings. The molecule has 0 spiro atoms. The molecule has 4 N–H and O–H groups in total. The molecular weight excluding hydrogens is 1400 g/mol. The molecule has 14 nitrogen and oxygen atoms in total. The van der Waals surface area contributed by atoms with E-state index in [0.29, 0.717) is 18.2 Å². The number of alkyl halides is 10. The van der Waals surface area contributed by atoms with Crippen LogP contribution in [0.1, 0.15) is 137 Å². The Kier molecular flexibility index (Phi) is 24.1. The third-order valence-electron chi connectivity index (χ3n) is 15.5. The number of amides is 2. The summed E-state index contributed by atoms with van der Waals surface area (Å²) < 4.78 is 231. The minimum Gasteiger partial charge on any atom is -0.400 e. The number of carbonyl (C=O) groups excluding carboxylic acids is 4. The fourth-order valence-electron chi connectivity index (χ4n) is 10.5. The molecule has 1 aliphatic rings. The molecule has 2 amide bonds. The highest BCUT2D eigenvalue weighted by atomic mass is 79.9. The van der Waals surface area contributed by atoms with Crippen molar-refractivity contribution in [3.05, 3.63) is 230 Å². The van der Waals surface area contributed by atoms with Crippen molar-refractivity contribution in [2.24, 2.45) is 11.5 Å². The Morgan fingerprint density at radius 3 is 1.30 bits per heavy atom. The number of nitrogens with zero attached hydrogens (tertiary/aromatic N) is 6. The van der Waals surface area contributed by atoms with E-state index < -0.39 is 165 Å². The normalized spacial score (nSPS) is 14.1. The third-order valence-corrected chi connectivity index (χ3v) is 16.3. The highest BCUT2D eigenvalue weighted by molar-refractivity contribution is 9.10. The van der Waals surface area contributed by atoms with Crippen LogP contribution in [0.2, 0.25) is 0 Å². The molecule has 5 heterocycles. The summed E-state index contributed by atoms with van der Waals surface area (Å²) in [6, 6.07) is 18.1. The Morgan fingerprint density at radius 1 is 0.582 bits per heavy atom. The predicted octanol–water partition coefficient (Wildman–Crippen LogP) is 16.0. The number of carbonyl (C=O) groups is 4. The van der Waals surface area contributed by atoms with E-state index in [1.807, 2.05) is 27.7 Å². The Bertz CT molecular complexity index is 4260. The molecule has 0 aliphatic carbocycles. The predicted molar refractivity (Wildman–Crippen MR) is 330 cm³/mol. The Balaban J connectivity index is 0.000000238. The number of halogens is 17. The smallest absolute Gasteiger partial charge is 0.400 e. The molecule has 0 unspecified atom stereocenters. The summed E-state index contributed by atoms with van der Waals surface area (Å²) in [5.74, 6) is -9.74. The average molecular weight is 1450 g/mol. The second kappa shape index (κ2) is 31.1. The van der Waals surface area contributed by atoms with E-state index in [9.17, 15) is 89.4 Å². The van der Waals surface area contributed by atoms with Crippen molar-refractivity contribution in [3.8, 4) is 22.3 Å². The van der Waals surface area contributed by atoms with Crippen molar-refractivity contribution in [3.63, 3.8) is 0 Å². The lowest BCUT2D eigenvalue weighted by atomic mass is 9.86. The SMILES string of the molecule is C=CB1OC(C)(C)C(C)(C)O1.C=Cc1c(C(F)(F)F)nn(CC(=O)C[C@@H](Cc2cc(F)cc(F)c2)c2ncccc2-c2ccc(F)c(C(N)=O)c2)c1C(F)F.NC(=O)c1cc(-c2cccnc2[C@@H](CC(=O)Cn2nc(C(F)(F)F)c(Br)c2C(F)F)Cc2cc(F)cc(F)c2)ccc1F. The summed E-state index contributed by atoms with van der Waals surface area (Å²) >= 11 is 2.49. The zero-order valence-electron chi connectivity index (χ0n) is 51.8. The number of rotatable bonds is 22. The fraction of sp³-hybridized carbons (Fsp3) is 0.273. The van der Waals surface area contributed by atoms with E-state index in [-0.39, 0.29) is 85.3 Å². The van der Waals surface area contributed by atoms with Gasteiger partial charge in [0.2, 0.25) is 0 Å². The molecule has 98 heavy (non-hydrogen) atoms. The van der Waals surface area contributed by atoms with Crippen LogP contribution < -0.4 is 11.5 Å². The zero-order valence-corrected chi connectivity index (χ0v) is 53.4. The zero-order chi connectivity index (χ0) is 72.7.